The number of aromatic nitrogens is 5. The molecule has 2 aliphatic rings. The van der Waals surface area contributed by atoms with Crippen LogP contribution in [0, 0.1) is 5.92 Å². The second-order valence-corrected chi connectivity index (χ2v) is 10.2. The Labute approximate surface area is 207 Å². The first-order valence-electron chi connectivity index (χ1n) is 12.5. The highest BCUT2D eigenvalue weighted by Crippen LogP contribution is 2.32. The van der Waals surface area contributed by atoms with Crippen LogP contribution in [0.1, 0.15) is 44.9 Å². The fraction of sp³-hybridized carbons (Fsp3) is 0.480. The maximum Gasteiger partial charge on any atom is 0.231 e. The van der Waals surface area contributed by atoms with Crippen molar-refractivity contribution in [1.82, 2.24) is 24.5 Å². The molecule has 4 aromatic rings. The van der Waals surface area contributed by atoms with E-state index in [2.05, 4.69) is 29.7 Å². The fourth-order valence-electron chi connectivity index (χ4n) is 5.16. The van der Waals surface area contributed by atoms with E-state index in [4.69, 9.17) is 9.72 Å². The van der Waals surface area contributed by atoms with Gasteiger partial charge in [-0.15, -0.1) is 0 Å². The number of ether oxygens (including phenoxy) is 1. The molecule has 1 aromatic carbocycles. The van der Waals surface area contributed by atoms with E-state index >= 15 is 0 Å². The first-order chi connectivity index (χ1) is 17.2. The molecule has 0 aliphatic carbocycles. The van der Waals surface area contributed by atoms with Gasteiger partial charge >= 0.3 is 0 Å². The molecule has 1 atom stereocenters. The van der Waals surface area contributed by atoms with Crippen LogP contribution in [-0.2, 0) is 17.8 Å². The van der Waals surface area contributed by atoms with Crippen LogP contribution < -0.4 is 15.0 Å². The minimum absolute atomic E-state index is 0.00436. The summed E-state index contributed by atoms with van der Waals surface area (Å²) in [7, 11) is 0. The average Bonchev–Trinajstić information content (AvgIpc) is 3.35. The van der Waals surface area contributed by atoms with Crippen LogP contribution in [0.5, 0.6) is 5.75 Å². The largest absolute Gasteiger partial charge is 0.494 e. The van der Waals surface area contributed by atoms with E-state index in [9.17, 15) is 4.79 Å². The molecule has 35 heavy (non-hydrogen) atoms. The van der Waals surface area contributed by atoms with Gasteiger partial charge in [-0.05, 0) is 50.8 Å². The number of fused-ring (bicyclic) bond motifs is 4. The van der Waals surface area contributed by atoms with Crippen molar-refractivity contribution in [1.29, 1.82) is 0 Å². The summed E-state index contributed by atoms with van der Waals surface area (Å²) in [6.07, 6.45) is 7.94. The minimum atomic E-state index is -0.139. The third-order valence-electron chi connectivity index (χ3n) is 6.87. The predicted octanol–water partition coefficient (Wildman–Crippen LogP) is 4.42. The number of benzene rings is 1. The number of hydrogen-bond acceptors (Lipinski definition) is 8. The summed E-state index contributed by atoms with van der Waals surface area (Å²) in [5.41, 5.74) is 2.64. The molecule has 1 N–H and O–H groups in total. The molecule has 3 aromatic heterocycles. The second-order valence-electron chi connectivity index (χ2n) is 9.22. The van der Waals surface area contributed by atoms with Crippen molar-refractivity contribution < 1.29 is 9.53 Å². The van der Waals surface area contributed by atoms with Crippen LogP contribution in [0.3, 0.4) is 0 Å². The molecule has 6 rings (SSSR count). The first kappa shape index (κ1) is 22.2. The molecule has 1 amide bonds. The zero-order valence-electron chi connectivity index (χ0n) is 19.9. The monoisotopic (exact) mass is 491 g/mol. The van der Waals surface area contributed by atoms with Gasteiger partial charge in [0.15, 0.2) is 22.1 Å². The molecule has 10 heteroatoms. The number of carbonyl (C=O) groups is 1. The zero-order valence-corrected chi connectivity index (χ0v) is 20.7. The van der Waals surface area contributed by atoms with Gasteiger partial charge < -0.3 is 19.5 Å². The van der Waals surface area contributed by atoms with Gasteiger partial charge in [0.25, 0.3) is 0 Å². The Morgan fingerprint density at radius 3 is 3.03 bits per heavy atom. The average molecular weight is 492 g/mol. The molecule has 1 unspecified atom stereocenters. The zero-order chi connectivity index (χ0) is 23.8. The van der Waals surface area contributed by atoms with Crippen LogP contribution in [0.15, 0.2) is 24.5 Å². The van der Waals surface area contributed by atoms with Gasteiger partial charge in [0.1, 0.15) is 17.9 Å². The molecule has 1 saturated heterocycles. The van der Waals surface area contributed by atoms with Crippen molar-refractivity contribution in [3.05, 3.63) is 30.4 Å². The SMILES string of the molecule is CCOc1ccc2nc(NC(=O)C3CCCN(c4ncnc5c4nc4n5CCCCC4)C3)sc2c1. The van der Waals surface area contributed by atoms with Crippen LogP contribution in [0.4, 0.5) is 10.9 Å². The van der Waals surface area contributed by atoms with Gasteiger partial charge in [-0.2, -0.15) is 0 Å². The van der Waals surface area contributed by atoms with E-state index in [1.807, 2.05) is 25.1 Å². The molecule has 0 spiro atoms. The summed E-state index contributed by atoms with van der Waals surface area (Å²) < 4.78 is 8.84. The standard InChI is InChI=1S/C25H29N7O2S/c1-2-34-17-9-10-18-19(13-17)35-25(28-18)30-24(33)16-7-6-11-31(14-16)22-21-23(27-15-26-22)32-12-5-3-4-8-20(32)29-21/h9-10,13,15-16H,2-8,11-12,14H2,1H3,(H,28,30,33). The summed E-state index contributed by atoms with van der Waals surface area (Å²) in [6, 6.07) is 5.82. The Hall–Kier alpha value is -3.27. The second kappa shape index (κ2) is 9.41. The van der Waals surface area contributed by atoms with E-state index in [1.54, 1.807) is 6.33 Å². The number of rotatable bonds is 5. The van der Waals surface area contributed by atoms with Crippen molar-refractivity contribution in [2.24, 2.45) is 5.92 Å². The molecular formula is C25H29N7O2S. The molecule has 0 bridgehead atoms. The number of piperidine rings is 1. The van der Waals surface area contributed by atoms with E-state index in [1.165, 1.54) is 17.8 Å². The van der Waals surface area contributed by atoms with E-state index < -0.39 is 0 Å². The lowest BCUT2D eigenvalue weighted by Crippen LogP contribution is -2.41. The Balaban J connectivity index is 1.20. The Kier molecular flexibility index (Phi) is 5.97. The van der Waals surface area contributed by atoms with Crippen LogP contribution in [0.2, 0.25) is 0 Å². The molecule has 5 heterocycles. The molecular weight excluding hydrogens is 462 g/mol. The summed E-state index contributed by atoms with van der Waals surface area (Å²) >= 11 is 1.48. The molecule has 182 valence electrons. The Bertz CT molecular complexity index is 1380. The third kappa shape index (κ3) is 4.31. The number of amides is 1. The summed E-state index contributed by atoms with van der Waals surface area (Å²) in [5, 5.41) is 3.68. The van der Waals surface area contributed by atoms with Gasteiger partial charge in [-0.25, -0.2) is 19.9 Å². The van der Waals surface area contributed by atoms with Crippen LogP contribution in [0.25, 0.3) is 21.4 Å². The van der Waals surface area contributed by atoms with Gasteiger partial charge in [-0.3, -0.25) is 4.79 Å². The highest BCUT2D eigenvalue weighted by atomic mass is 32.1. The summed E-state index contributed by atoms with van der Waals surface area (Å²) in [4.78, 5) is 34.1. The van der Waals surface area contributed by atoms with Crippen molar-refractivity contribution in [2.45, 2.75) is 52.0 Å². The number of nitrogens with one attached hydrogen (secondary N) is 1. The lowest BCUT2D eigenvalue weighted by molar-refractivity contribution is -0.120. The topological polar surface area (TPSA) is 98.1 Å². The number of aryl methyl sites for hydroxylation is 2. The number of hydrogen-bond donors (Lipinski definition) is 1. The third-order valence-corrected chi connectivity index (χ3v) is 7.80. The van der Waals surface area contributed by atoms with Crippen molar-refractivity contribution in [3.63, 3.8) is 0 Å². The number of anilines is 2. The highest BCUT2D eigenvalue weighted by Gasteiger charge is 2.29. The van der Waals surface area contributed by atoms with Gasteiger partial charge in [0, 0.05) is 26.1 Å². The Morgan fingerprint density at radius 1 is 1.17 bits per heavy atom. The lowest BCUT2D eigenvalue weighted by atomic mass is 9.97. The minimum Gasteiger partial charge on any atom is -0.494 e. The van der Waals surface area contributed by atoms with Crippen LogP contribution in [-0.4, -0.2) is 50.1 Å². The molecule has 0 radical (unpaired) electrons. The van der Waals surface area contributed by atoms with E-state index in [0.29, 0.717) is 18.3 Å². The molecule has 2 aliphatic heterocycles. The Morgan fingerprint density at radius 2 is 2.11 bits per heavy atom. The predicted molar refractivity (Wildman–Crippen MR) is 137 cm³/mol. The van der Waals surface area contributed by atoms with Gasteiger partial charge in [-0.1, -0.05) is 17.8 Å². The first-order valence-corrected chi connectivity index (χ1v) is 13.3. The smallest absolute Gasteiger partial charge is 0.231 e. The highest BCUT2D eigenvalue weighted by molar-refractivity contribution is 7.22. The van der Waals surface area contributed by atoms with E-state index in [-0.39, 0.29) is 11.8 Å². The van der Waals surface area contributed by atoms with Crippen molar-refractivity contribution in [3.8, 4) is 5.75 Å². The quantitative estimate of drug-likeness (QED) is 0.441. The van der Waals surface area contributed by atoms with Crippen molar-refractivity contribution >= 4 is 49.6 Å². The number of nitrogens with zero attached hydrogens (tertiary/aromatic N) is 6. The van der Waals surface area contributed by atoms with Crippen molar-refractivity contribution in [2.75, 3.05) is 29.9 Å². The molecule has 0 saturated carbocycles. The van der Waals surface area contributed by atoms with E-state index in [0.717, 1.165) is 84.0 Å². The maximum atomic E-state index is 13.2. The number of carbonyl (C=O) groups excluding carboxylic acids is 1. The lowest BCUT2D eigenvalue weighted by Gasteiger charge is -2.32. The fourth-order valence-corrected chi connectivity index (χ4v) is 6.06. The number of imidazole rings is 1. The normalized spacial score (nSPS) is 18.4. The number of thiazole rings is 1. The maximum absolute atomic E-state index is 13.2. The van der Waals surface area contributed by atoms with Gasteiger partial charge in [0.2, 0.25) is 5.91 Å². The summed E-state index contributed by atoms with van der Waals surface area (Å²) in [6.45, 7) is 5.01. The molecule has 1 fully saturated rings. The summed E-state index contributed by atoms with van der Waals surface area (Å²) in [5.74, 6) is 2.63. The van der Waals surface area contributed by atoms with Crippen LogP contribution >= 0.6 is 11.3 Å². The van der Waals surface area contributed by atoms with Gasteiger partial charge in [0.05, 0.1) is 22.7 Å². The molecule has 9 nitrogen and oxygen atoms in total.